The van der Waals surface area contributed by atoms with Gasteiger partial charge in [-0.3, -0.25) is 28.7 Å². The van der Waals surface area contributed by atoms with Crippen LogP contribution >= 0.6 is 0 Å². The van der Waals surface area contributed by atoms with E-state index in [1.807, 2.05) is 63.2 Å². The van der Waals surface area contributed by atoms with Crippen LogP contribution in [-0.2, 0) is 29.2 Å². The molecule has 15 heteroatoms. The fourth-order valence-electron chi connectivity index (χ4n) is 8.25. The van der Waals surface area contributed by atoms with Crippen LogP contribution in [0.5, 0.6) is 0 Å². The van der Waals surface area contributed by atoms with Crippen molar-refractivity contribution in [3.05, 3.63) is 78.9 Å². The average molecular weight is 815 g/mol. The van der Waals surface area contributed by atoms with Gasteiger partial charge in [0.25, 0.3) is 11.8 Å². The van der Waals surface area contributed by atoms with Crippen LogP contribution in [0.4, 0.5) is 4.39 Å². The van der Waals surface area contributed by atoms with Gasteiger partial charge in [-0.05, 0) is 56.1 Å². The monoisotopic (exact) mass is 814 g/mol. The fraction of sp³-hybridized carbons (Fsp3) is 0.488. The summed E-state index contributed by atoms with van der Waals surface area (Å²) in [4.78, 5) is 78.2. The van der Waals surface area contributed by atoms with E-state index in [1.54, 1.807) is 18.2 Å². The van der Waals surface area contributed by atoms with Crippen LogP contribution in [0, 0.1) is 17.3 Å². The molecule has 2 aliphatic heterocycles. The molecule has 6 atom stereocenters. The first-order chi connectivity index (χ1) is 27.5. The summed E-state index contributed by atoms with van der Waals surface area (Å²) in [6, 6.07) is 16.4. The van der Waals surface area contributed by atoms with Gasteiger partial charge in [-0.2, -0.15) is 0 Å². The number of fused-ring (bicyclic) bond motifs is 1. The number of aromatic nitrogens is 1. The number of piperidine rings is 1. The van der Waals surface area contributed by atoms with Crippen molar-refractivity contribution in [1.29, 1.82) is 0 Å². The van der Waals surface area contributed by atoms with Gasteiger partial charge in [-0.15, -0.1) is 6.58 Å². The highest BCUT2D eigenvalue weighted by molar-refractivity contribution is 7.91. The molecule has 2 aromatic carbocycles. The molecule has 2 aliphatic carbocycles. The SMILES string of the molecule is C=CC1C[C@]1(NC(=O)[C@@H]1C[C@@H](NC(=O)c2cc(-c3ccccc3)nc3ccccc23)CN1C(=O)[C@@H](CC(=O)N1CCCC(F)C1)C(C)(C)C)C(=O)NS(=O)(=O)C1CC1. The third-order valence-electron chi connectivity index (χ3n) is 11.9. The summed E-state index contributed by atoms with van der Waals surface area (Å²) in [5.41, 5.74) is -0.0199. The minimum absolute atomic E-state index is 0.0326. The lowest BCUT2D eigenvalue weighted by Crippen LogP contribution is -2.57. The number of pyridine rings is 1. The normalized spacial score (nSPS) is 25.1. The number of benzene rings is 2. The smallest absolute Gasteiger partial charge is 0.259 e. The molecule has 3 N–H and O–H groups in total. The van der Waals surface area contributed by atoms with Gasteiger partial charge in [0.05, 0.1) is 34.5 Å². The van der Waals surface area contributed by atoms with Gasteiger partial charge in [0.1, 0.15) is 17.8 Å². The van der Waals surface area contributed by atoms with Gasteiger partial charge in [0.2, 0.25) is 27.7 Å². The molecule has 5 amide bonds. The zero-order valence-electron chi connectivity index (χ0n) is 33.1. The molecule has 0 bridgehead atoms. The number of carbonyl (C=O) groups excluding carboxylic acids is 5. The lowest BCUT2D eigenvalue weighted by atomic mass is 9.77. The number of likely N-dealkylation sites (tertiary alicyclic amines) is 2. The molecule has 2 saturated carbocycles. The molecule has 3 heterocycles. The summed E-state index contributed by atoms with van der Waals surface area (Å²) in [5.74, 6) is -4.37. The molecule has 0 spiro atoms. The van der Waals surface area contributed by atoms with Crippen molar-refractivity contribution >= 4 is 50.5 Å². The van der Waals surface area contributed by atoms with Crippen molar-refractivity contribution < 1.29 is 36.8 Å². The Balaban J connectivity index is 1.18. The zero-order chi connectivity index (χ0) is 41.6. The standard InChI is InChI=1S/C43H51FN6O7S/c1-5-27-23-43(27,41(55)48-58(56,57)30-17-18-30)47-39(53)36-20-29(25-50(36)40(54)33(42(2,3)4)22-37(51)49-19-11-14-28(44)24-49)45-38(52)32-21-35(26-12-7-6-8-13-26)46-34-16-10-9-15-31(32)34/h5-10,12-13,15-16,21,27-30,33,36H,1,11,14,17-20,22-25H2,2-4H3,(H,45,52)(H,47,53)(H,48,55)/t27?,28?,29-,33-,36+,43-/m1/s1. The maximum Gasteiger partial charge on any atom is 0.259 e. The molecule has 4 fully saturated rings. The minimum Gasteiger partial charge on any atom is -0.347 e. The topological polar surface area (TPSA) is 175 Å². The van der Waals surface area contributed by atoms with Crippen LogP contribution < -0.4 is 15.4 Å². The Hall–Kier alpha value is -5.18. The summed E-state index contributed by atoms with van der Waals surface area (Å²) in [5, 5.41) is 5.78. The van der Waals surface area contributed by atoms with Crippen LogP contribution in [0.15, 0.2) is 73.3 Å². The van der Waals surface area contributed by atoms with E-state index in [-0.39, 0.29) is 38.3 Å². The molecule has 3 aromatic rings. The number of nitrogens with zero attached hydrogens (tertiary/aromatic N) is 3. The number of alkyl halides is 1. The third-order valence-corrected chi connectivity index (χ3v) is 13.8. The molecule has 2 saturated heterocycles. The van der Waals surface area contributed by atoms with Gasteiger partial charge in [0, 0.05) is 42.4 Å². The summed E-state index contributed by atoms with van der Waals surface area (Å²) >= 11 is 0. The lowest BCUT2D eigenvalue weighted by molar-refractivity contribution is -0.149. The van der Waals surface area contributed by atoms with E-state index in [1.165, 1.54) is 15.9 Å². The van der Waals surface area contributed by atoms with Crippen LogP contribution in [0.1, 0.15) is 76.1 Å². The first kappa shape index (κ1) is 41.0. The quantitative estimate of drug-likeness (QED) is 0.227. The first-order valence-electron chi connectivity index (χ1n) is 20.0. The average Bonchev–Trinajstić information content (AvgIpc) is 4.12. The second kappa shape index (κ2) is 15.9. The summed E-state index contributed by atoms with van der Waals surface area (Å²) in [6.45, 7) is 9.48. The number of nitrogens with one attached hydrogen (secondary N) is 3. The Morgan fingerprint density at radius 3 is 2.38 bits per heavy atom. The first-order valence-corrected chi connectivity index (χ1v) is 21.5. The second-order valence-electron chi connectivity index (χ2n) is 17.2. The molecule has 58 heavy (non-hydrogen) atoms. The largest absolute Gasteiger partial charge is 0.347 e. The van der Waals surface area contributed by atoms with E-state index >= 15 is 0 Å². The molecule has 2 unspecified atom stereocenters. The summed E-state index contributed by atoms with van der Waals surface area (Å²) in [7, 11) is -3.94. The zero-order valence-corrected chi connectivity index (χ0v) is 33.9. The molecule has 0 radical (unpaired) electrons. The Kier molecular flexibility index (Phi) is 11.2. The van der Waals surface area contributed by atoms with E-state index < -0.39 is 79.9 Å². The van der Waals surface area contributed by atoms with Gasteiger partial charge < -0.3 is 20.4 Å². The van der Waals surface area contributed by atoms with Gasteiger partial charge in [-0.25, -0.2) is 17.8 Å². The highest BCUT2D eigenvalue weighted by Crippen LogP contribution is 2.46. The molecular formula is C43H51FN6O7S. The van der Waals surface area contributed by atoms with Crippen molar-refractivity contribution in [3.63, 3.8) is 0 Å². The van der Waals surface area contributed by atoms with Gasteiger partial charge in [0.15, 0.2) is 0 Å². The predicted molar refractivity (Wildman–Crippen MR) is 216 cm³/mol. The van der Waals surface area contributed by atoms with E-state index in [9.17, 15) is 36.8 Å². The van der Waals surface area contributed by atoms with Crippen LogP contribution in [0.2, 0.25) is 0 Å². The second-order valence-corrected chi connectivity index (χ2v) is 19.2. The molecular weight excluding hydrogens is 764 g/mol. The highest BCUT2D eigenvalue weighted by Gasteiger charge is 2.62. The van der Waals surface area contributed by atoms with Crippen molar-refractivity contribution in [2.75, 3.05) is 19.6 Å². The lowest BCUT2D eigenvalue weighted by Gasteiger charge is -2.37. The number of rotatable bonds is 12. The predicted octanol–water partition coefficient (Wildman–Crippen LogP) is 4.28. The van der Waals surface area contributed by atoms with E-state index in [4.69, 9.17) is 4.98 Å². The summed E-state index contributed by atoms with van der Waals surface area (Å²) in [6.07, 6.45) is 1.95. The van der Waals surface area contributed by atoms with Crippen molar-refractivity contribution in [2.24, 2.45) is 17.3 Å². The fourth-order valence-corrected chi connectivity index (χ4v) is 9.62. The summed E-state index contributed by atoms with van der Waals surface area (Å²) < 4.78 is 42.0. The molecule has 308 valence electrons. The molecule has 4 aliphatic rings. The Labute approximate surface area is 338 Å². The van der Waals surface area contributed by atoms with Crippen molar-refractivity contribution in [3.8, 4) is 11.3 Å². The number of para-hydroxylation sites is 1. The molecule has 1 aromatic heterocycles. The van der Waals surface area contributed by atoms with Crippen molar-refractivity contribution in [1.82, 2.24) is 30.1 Å². The number of hydrogen-bond acceptors (Lipinski definition) is 8. The number of halogens is 1. The minimum atomic E-state index is -3.94. The molecule has 13 nitrogen and oxygen atoms in total. The van der Waals surface area contributed by atoms with Crippen molar-refractivity contribution in [2.45, 2.75) is 94.8 Å². The Morgan fingerprint density at radius 1 is 1.02 bits per heavy atom. The number of sulfonamides is 1. The maximum atomic E-state index is 14.8. The van der Waals surface area contributed by atoms with Gasteiger partial charge in [-0.1, -0.05) is 75.4 Å². The molecule has 7 rings (SSSR count). The number of hydrogen-bond donors (Lipinski definition) is 3. The van der Waals surface area contributed by atoms with Crippen LogP contribution in [0.3, 0.4) is 0 Å². The van der Waals surface area contributed by atoms with Crippen LogP contribution in [-0.4, -0.2) is 101 Å². The Bertz CT molecular complexity index is 2240. The highest BCUT2D eigenvalue weighted by atomic mass is 32.2. The number of amides is 5. The van der Waals surface area contributed by atoms with E-state index in [0.717, 1.165) is 5.56 Å². The Morgan fingerprint density at radius 2 is 1.72 bits per heavy atom. The van der Waals surface area contributed by atoms with E-state index in [2.05, 4.69) is 21.9 Å². The van der Waals surface area contributed by atoms with Crippen LogP contribution in [0.25, 0.3) is 22.2 Å². The van der Waals surface area contributed by atoms with E-state index in [0.29, 0.717) is 54.4 Å². The number of carbonyl (C=O) groups is 5. The van der Waals surface area contributed by atoms with Gasteiger partial charge >= 0.3 is 0 Å². The third kappa shape index (κ3) is 8.50. The maximum absolute atomic E-state index is 14.8.